The molecule has 0 bridgehead atoms. The van der Waals surface area contributed by atoms with Crippen LogP contribution in [0.15, 0.2) is 42.5 Å². The molecule has 2 rings (SSSR count). The van der Waals surface area contributed by atoms with Gasteiger partial charge in [-0.3, -0.25) is 9.59 Å². The first-order valence-electron chi connectivity index (χ1n) is 8.00. The molecule has 0 saturated heterocycles. The average Bonchev–Trinajstić information content (AvgIpc) is 2.62. The summed E-state index contributed by atoms with van der Waals surface area (Å²) in [6.07, 6.45) is 0.0161. The summed E-state index contributed by atoms with van der Waals surface area (Å²) in [5.41, 5.74) is 0.687. The molecule has 1 N–H and O–H groups in total. The number of ether oxygens (including phenoxy) is 2. The normalized spacial score (nSPS) is 10.2. The van der Waals surface area contributed by atoms with Gasteiger partial charge in [0, 0.05) is 31.6 Å². The molecule has 0 unspecified atom stereocenters. The van der Waals surface area contributed by atoms with Crippen molar-refractivity contribution in [1.82, 2.24) is 0 Å². The Morgan fingerprint density at radius 2 is 1.77 bits per heavy atom. The molecule has 0 saturated carbocycles. The Hall–Kier alpha value is -3.09. The summed E-state index contributed by atoms with van der Waals surface area (Å²) in [6, 6.07) is 10.9. The second kappa shape index (κ2) is 8.84. The number of methoxy groups -OCH3 is 2. The Labute approximate surface area is 151 Å². The number of anilines is 2. The molecule has 2 aromatic carbocycles. The number of carbonyl (C=O) groups excluding carboxylic acids is 2. The van der Waals surface area contributed by atoms with Gasteiger partial charge >= 0.3 is 0 Å². The van der Waals surface area contributed by atoms with Crippen molar-refractivity contribution in [3.63, 3.8) is 0 Å². The van der Waals surface area contributed by atoms with E-state index in [4.69, 9.17) is 9.47 Å². The smallest absolute Gasteiger partial charge is 0.226 e. The number of benzene rings is 2. The van der Waals surface area contributed by atoms with Crippen LogP contribution >= 0.6 is 0 Å². The quantitative estimate of drug-likeness (QED) is 0.823. The molecule has 0 radical (unpaired) electrons. The zero-order chi connectivity index (χ0) is 19.1. The van der Waals surface area contributed by atoms with E-state index in [1.54, 1.807) is 30.3 Å². The number of carbonyl (C=O) groups is 2. The third-order valence-corrected chi connectivity index (χ3v) is 3.75. The lowest BCUT2D eigenvalue weighted by molar-refractivity contribution is -0.117. The minimum absolute atomic E-state index is 0.0161. The molecule has 138 valence electrons. The summed E-state index contributed by atoms with van der Waals surface area (Å²) in [4.78, 5) is 25.3. The van der Waals surface area contributed by atoms with Crippen molar-refractivity contribution < 1.29 is 23.5 Å². The van der Waals surface area contributed by atoms with Crippen molar-refractivity contribution in [2.45, 2.75) is 13.3 Å². The minimum atomic E-state index is -0.511. The third kappa shape index (κ3) is 4.72. The number of amides is 2. The molecule has 26 heavy (non-hydrogen) atoms. The van der Waals surface area contributed by atoms with Crippen molar-refractivity contribution in [3.05, 3.63) is 48.3 Å². The van der Waals surface area contributed by atoms with Crippen molar-refractivity contribution in [2.75, 3.05) is 31.0 Å². The van der Waals surface area contributed by atoms with Gasteiger partial charge in [-0.1, -0.05) is 12.1 Å². The highest BCUT2D eigenvalue weighted by Gasteiger charge is 2.17. The van der Waals surface area contributed by atoms with Crippen molar-refractivity contribution in [3.8, 4) is 11.5 Å². The second-order valence-corrected chi connectivity index (χ2v) is 5.49. The van der Waals surface area contributed by atoms with Gasteiger partial charge in [-0.2, -0.15) is 0 Å². The van der Waals surface area contributed by atoms with Gasteiger partial charge in [0.25, 0.3) is 0 Å². The number of halogens is 1. The molecule has 2 aromatic rings. The summed E-state index contributed by atoms with van der Waals surface area (Å²) >= 11 is 0. The molecule has 0 fully saturated rings. The van der Waals surface area contributed by atoms with Crippen molar-refractivity contribution >= 4 is 23.2 Å². The molecular formula is C19H21FN2O4. The van der Waals surface area contributed by atoms with Gasteiger partial charge in [0.1, 0.15) is 5.82 Å². The van der Waals surface area contributed by atoms with Crippen LogP contribution < -0.4 is 19.7 Å². The highest BCUT2D eigenvalue weighted by atomic mass is 19.1. The van der Waals surface area contributed by atoms with E-state index in [1.165, 1.54) is 38.2 Å². The summed E-state index contributed by atoms with van der Waals surface area (Å²) in [5.74, 6) is -0.119. The van der Waals surface area contributed by atoms with Gasteiger partial charge in [0.2, 0.25) is 11.8 Å². The van der Waals surface area contributed by atoms with E-state index in [0.29, 0.717) is 17.2 Å². The summed E-state index contributed by atoms with van der Waals surface area (Å²) < 4.78 is 24.2. The Kier molecular flexibility index (Phi) is 6.54. The van der Waals surface area contributed by atoms with Gasteiger partial charge in [0.05, 0.1) is 19.9 Å². The highest BCUT2D eigenvalue weighted by Crippen LogP contribution is 2.29. The Bertz CT molecular complexity index is 795. The largest absolute Gasteiger partial charge is 0.493 e. The molecule has 0 aliphatic rings. The predicted octanol–water partition coefficient (Wildman–Crippen LogP) is 3.22. The maximum absolute atomic E-state index is 13.9. The topological polar surface area (TPSA) is 67.9 Å². The van der Waals surface area contributed by atoms with Gasteiger partial charge in [-0.05, 0) is 24.3 Å². The van der Waals surface area contributed by atoms with E-state index >= 15 is 0 Å². The maximum Gasteiger partial charge on any atom is 0.226 e. The molecule has 7 heteroatoms. The lowest BCUT2D eigenvalue weighted by atomic mass is 10.2. The molecule has 0 atom stereocenters. The Morgan fingerprint density at radius 1 is 1.08 bits per heavy atom. The SMILES string of the molecule is COc1ccc(NC(=O)CCN(C(C)=O)c2ccccc2F)cc1OC. The lowest BCUT2D eigenvalue weighted by Gasteiger charge is -2.21. The van der Waals surface area contributed by atoms with E-state index < -0.39 is 5.82 Å². The first-order chi connectivity index (χ1) is 12.5. The summed E-state index contributed by atoms with van der Waals surface area (Å²) in [5, 5.41) is 2.72. The van der Waals surface area contributed by atoms with Gasteiger partial charge in [-0.25, -0.2) is 4.39 Å². The first kappa shape index (κ1) is 19.2. The number of hydrogen-bond acceptors (Lipinski definition) is 4. The van der Waals surface area contributed by atoms with Crippen molar-refractivity contribution in [2.24, 2.45) is 0 Å². The Morgan fingerprint density at radius 3 is 2.38 bits per heavy atom. The second-order valence-electron chi connectivity index (χ2n) is 5.49. The van der Waals surface area contributed by atoms with E-state index in [9.17, 15) is 14.0 Å². The number of rotatable bonds is 7. The number of para-hydroxylation sites is 1. The van der Waals surface area contributed by atoms with Crippen LogP contribution in [0.1, 0.15) is 13.3 Å². The lowest BCUT2D eigenvalue weighted by Crippen LogP contribution is -2.32. The van der Waals surface area contributed by atoms with Gasteiger partial charge < -0.3 is 19.7 Å². The van der Waals surface area contributed by atoms with Crippen molar-refractivity contribution in [1.29, 1.82) is 0 Å². The molecule has 0 aliphatic heterocycles. The van der Waals surface area contributed by atoms with Crippen LogP contribution in [0.5, 0.6) is 11.5 Å². The molecule has 0 heterocycles. The molecule has 0 spiro atoms. The Balaban J connectivity index is 2.03. The van der Waals surface area contributed by atoms with Crippen LogP contribution in [0.4, 0.5) is 15.8 Å². The van der Waals surface area contributed by atoms with Crippen LogP contribution in [-0.2, 0) is 9.59 Å². The van der Waals surface area contributed by atoms with E-state index in [-0.39, 0.29) is 30.5 Å². The van der Waals surface area contributed by atoms with Gasteiger partial charge in [-0.15, -0.1) is 0 Å². The fourth-order valence-electron chi connectivity index (χ4n) is 2.47. The van der Waals surface area contributed by atoms with E-state index in [1.807, 2.05) is 0 Å². The van der Waals surface area contributed by atoms with Crippen LogP contribution in [0, 0.1) is 5.82 Å². The van der Waals surface area contributed by atoms with Crippen LogP contribution in [0.25, 0.3) is 0 Å². The summed E-state index contributed by atoms with van der Waals surface area (Å²) in [7, 11) is 3.03. The number of nitrogens with zero attached hydrogens (tertiary/aromatic N) is 1. The van der Waals surface area contributed by atoms with E-state index in [0.717, 1.165) is 0 Å². The highest BCUT2D eigenvalue weighted by molar-refractivity contribution is 5.95. The zero-order valence-corrected chi connectivity index (χ0v) is 14.9. The van der Waals surface area contributed by atoms with Crippen LogP contribution in [-0.4, -0.2) is 32.6 Å². The fraction of sp³-hybridized carbons (Fsp3) is 0.263. The van der Waals surface area contributed by atoms with E-state index in [2.05, 4.69) is 5.32 Å². The zero-order valence-electron chi connectivity index (χ0n) is 14.9. The van der Waals surface area contributed by atoms with Crippen LogP contribution in [0.3, 0.4) is 0 Å². The molecular weight excluding hydrogens is 339 g/mol. The third-order valence-electron chi connectivity index (χ3n) is 3.75. The fourth-order valence-corrected chi connectivity index (χ4v) is 2.47. The molecule has 0 aromatic heterocycles. The monoisotopic (exact) mass is 360 g/mol. The van der Waals surface area contributed by atoms with Crippen LogP contribution in [0.2, 0.25) is 0 Å². The predicted molar refractivity (Wildman–Crippen MR) is 97.2 cm³/mol. The average molecular weight is 360 g/mol. The van der Waals surface area contributed by atoms with Gasteiger partial charge in [0.15, 0.2) is 11.5 Å². The number of hydrogen-bond donors (Lipinski definition) is 1. The number of nitrogens with one attached hydrogen (secondary N) is 1. The molecule has 0 aliphatic carbocycles. The standard InChI is InChI=1S/C19H21FN2O4/c1-13(23)22(16-7-5-4-6-15(16)20)11-10-19(24)21-14-8-9-17(25-2)18(12-14)26-3/h4-9,12H,10-11H2,1-3H3,(H,21,24). The first-order valence-corrected chi connectivity index (χ1v) is 8.00. The maximum atomic E-state index is 13.9. The molecule has 6 nitrogen and oxygen atoms in total. The molecule has 2 amide bonds. The minimum Gasteiger partial charge on any atom is -0.493 e. The summed E-state index contributed by atoms with van der Waals surface area (Å²) in [6.45, 7) is 1.40.